The Hall–Kier alpha value is -1.71. The Morgan fingerprint density at radius 1 is 1.33 bits per heavy atom. The zero-order valence-corrected chi connectivity index (χ0v) is 11.1. The number of benzene rings is 1. The minimum atomic E-state index is -1.23. The Balaban J connectivity index is 3.07. The monoisotopic (exact) mass is 249 g/mol. The van der Waals surface area contributed by atoms with E-state index in [2.05, 4.69) is 0 Å². The number of hydrogen-bond donors (Lipinski definition) is 0. The van der Waals surface area contributed by atoms with Gasteiger partial charge in [0, 0.05) is 24.3 Å². The summed E-state index contributed by atoms with van der Waals surface area (Å²) in [6.45, 7) is 4.98. The second kappa shape index (κ2) is 5.76. The van der Waals surface area contributed by atoms with Gasteiger partial charge >= 0.3 is 0 Å². The van der Waals surface area contributed by atoms with Crippen molar-refractivity contribution in [3.05, 3.63) is 46.0 Å². The predicted octanol–water partition coefficient (Wildman–Crippen LogP) is 3.34. The van der Waals surface area contributed by atoms with Crippen LogP contribution in [-0.2, 0) is 0 Å². The number of ketones is 1. The predicted molar refractivity (Wildman–Crippen MR) is 70.2 cm³/mol. The number of rotatable bonds is 6. The molecule has 4 nitrogen and oxygen atoms in total. The summed E-state index contributed by atoms with van der Waals surface area (Å²) in [6, 6.07) is 8.79. The average Bonchev–Trinajstić information content (AvgIpc) is 2.35. The van der Waals surface area contributed by atoms with Crippen molar-refractivity contribution in [1.29, 1.82) is 0 Å². The van der Waals surface area contributed by atoms with Crippen molar-refractivity contribution in [3.8, 4) is 0 Å². The molecule has 1 aromatic rings. The van der Waals surface area contributed by atoms with Gasteiger partial charge in [-0.2, -0.15) is 0 Å². The highest BCUT2D eigenvalue weighted by Gasteiger charge is 2.44. The van der Waals surface area contributed by atoms with Gasteiger partial charge in [0.15, 0.2) is 5.78 Å². The topological polar surface area (TPSA) is 60.2 Å². The van der Waals surface area contributed by atoms with Crippen LogP contribution in [0.5, 0.6) is 0 Å². The van der Waals surface area contributed by atoms with Gasteiger partial charge in [0.25, 0.3) is 0 Å². The largest absolute Gasteiger partial charge is 0.294 e. The van der Waals surface area contributed by atoms with Crippen molar-refractivity contribution < 1.29 is 9.72 Å². The number of nitrogens with zero attached hydrogens (tertiary/aromatic N) is 1. The molecule has 0 aliphatic heterocycles. The molecule has 4 heteroatoms. The normalized spacial score (nSPS) is 13.1. The first kappa shape index (κ1) is 14.4. The maximum absolute atomic E-state index is 12.4. The van der Waals surface area contributed by atoms with Gasteiger partial charge in [-0.25, -0.2) is 0 Å². The highest BCUT2D eigenvalue weighted by Crippen LogP contribution is 2.28. The highest BCUT2D eigenvalue weighted by molar-refractivity contribution is 5.98. The zero-order chi connectivity index (χ0) is 13.8. The lowest BCUT2D eigenvalue weighted by atomic mass is 9.79. The van der Waals surface area contributed by atoms with E-state index in [1.807, 2.05) is 13.0 Å². The van der Waals surface area contributed by atoms with Crippen LogP contribution >= 0.6 is 0 Å². The molecular weight excluding hydrogens is 230 g/mol. The minimum absolute atomic E-state index is 0.140. The molecule has 98 valence electrons. The fraction of sp³-hybridized carbons (Fsp3) is 0.500. The van der Waals surface area contributed by atoms with Crippen LogP contribution in [-0.4, -0.2) is 16.2 Å². The summed E-state index contributed by atoms with van der Waals surface area (Å²) in [6.07, 6.45) is 1.28. The third kappa shape index (κ3) is 2.94. The summed E-state index contributed by atoms with van der Waals surface area (Å²) in [4.78, 5) is 23.2. The standard InChI is InChI=1S/C14H19NO3/c1-4-8-12(14(2,3)15(17)18)13(16)11-9-6-5-7-10-11/h5-7,9-10,12H,4,8H2,1-3H3. The van der Waals surface area contributed by atoms with E-state index in [0.717, 1.165) is 6.42 Å². The fourth-order valence-corrected chi connectivity index (χ4v) is 2.02. The molecule has 0 saturated heterocycles. The Kier molecular flexibility index (Phi) is 4.59. The smallest absolute Gasteiger partial charge is 0.226 e. The first-order valence-corrected chi connectivity index (χ1v) is 6.15. The lowest BCUT2D eigenvalue weighted by molar-refractivity contribution is -0.567. The molecule has 18 heavy (non-hydrogen) atoms. The molecule has 0 aliphatic carbocycles. The lowest BCUT2D eigenvalue weighted by Crippen LogP contribution is -2.43. The van der Waals surface area contributed by atoms with Crippen LogP contribution in [0.25, 0.3) is 0 Å². The molecule has 1 unspecified atom stereocenters. The van der Waals surface area contributed by atoms with Gasteiger partial charge in [0.05, 0.1) is 5.92 Å². The summed E-state index contributed by atoms with van der Waals surface area (Å²) in [5, 5.41) is 11.1. The first-order valence-electron chi connectivity index (χ1n) is 6.15. The zero-order valence-electron chi connectivity index (χ0n) is 11.1. The number of nitro groups is 1. The van der Waals surface area contributed by atoms with E-state index in [1.165, 1.54) is 13.8 Å². The molecule has 1 atom stereocenters. The van der Waals surface area contributed by atoms with Crippen molar-refractivity contribution in [2.24, 2.45) is 5.92 Å². The van der Waals surface area contributed by atoms with Crippen molar-refractivity contribution in [3.63, 3.8) is 0 Å². The van der Waals surface area contributed by atoms with E-state index in [0.29, 0.717) is 12.0 Å². The molecule has 0 heterocycles. The Labute approximate surface area is 107 Å². The number of carbonyl (C=O) groups excluding carboxylic acids is 1. The molecule has 0 aromatic heterocycles. The number of carbonyl (C=O) groups is 1. The van der Waals surface area contributed by atoms with Gasteiger partial charge < -0.3 is 0 Å². The third-order valence-corrected chi connectivity index (χ3v) is 3.28. The molecule has 1 aromatic carbocycles. The van der Waals surface area contributed by atoms with E-state index in [-0.39, 0.29) is 10.7 Å². The van der Waals surface area contributed by atoms with Crippen LogP contribution in [0.2, 0.25) is 0 Å². The number of hydrogen-bond acceptors (Lipinski definition) is 3. The molecule has 0 amide bonds. The van der Waals surface area contributed by atoms with Crippen LogP contribution in [0.4, 0.5) is 0 Å². The van der Waals surface area contributed by atoms with E-state index < -0.39 is 11.5 Å². The van der Waals surface area contributed by atoms with E-state index >= 15 is 0 Å². The van der Waals surface area contributed by atoms with Crippen molar-refractivity contribution in [1.82, 2.24) is 0 Å². The summed E-state index contributed by atoms with van der Waals surface area (Å²) >= 11 is 0. The van der Waals surface area contributed by atoms with E-state index in [4.69, 9.17) is 0 Å². The Morgan fingerprint density at radius 3 is 2.33 bits per heavy atom. The van der Waals surface area contributed by atoms with Crippen molar-refractivity contribution in [2.45, 2.75) is 39.2 Å². The maximum atomic E-state index is 12.4. The molecule has 0 spiro atoms. The quantitative estimate of drug-likeness (QED) is 0.441. The molecule has 0 saturated carbocycles. The van der Waals surface area contributed by atoms with Gasteiger partial charge in [0.2, 0.25) is 5.54 Å². The fourth-order valence-electron chi connectivity index (χ4n) is 2.02. The molecule has 0 radical (unpaired) electrons. The van der Waals surface area contributed by atoms with Gasteiger partial charge in [0.1, 0.15) is 0 Å². The summed E-state index contributed by atoms with van der Waals surface area (Å²) in [5.74, 6) is -0.723. The SMILES string of the molecule is CCCC(C(=O)c1ccccc1)C(C)(C)[N+](=O)[O-]. The second-order valence-corrected chi connectivity index (χ2v) is 4.98. The van der Waals surface area contributed by atoms with Gasteiger partial charge in [-0.3, -0.25) is 14.9 Å². The Bertz CT molecular complexity index is 426. The second-order valence-electron chi connectivity index (χ2n) is 4.98. The van der Waals surface area contributed by atoms with Gasteiger partial charge in [-0.05, 0) is 6.42 Å². The van der Waals surface area contributed by atoms with E-state index in [1.54, 1.807) is 24.3 Å². The molecule has 0 N–H and O–H groups in total. The lowest BCUT2D eigenvalue weighted by Gasteiger charge is -2.25. The molecule has 0 bridgehead atoms. The minimum Gasteiger partial charge on any atom is -0.294 e. The van der Waals surface area contributed by atoms with Crippen LogP contribution in [0.1, 0.15) is 44.0 Å². The highest BCUT2D eigenvalue weighted by atomic mass is 16.6. The maximum Gasteiger partial charge on any atom is 0.226 e. The molecule has 0 fully saturated rings. The molecule has 1 rings (SSSR count). The number of Topliss-reactive ketones (excluding diaryl/α,β-unsaturated/α-hetero) is 1. The summed E-state index contributed by atoms with van der Waals surface area (Å²) in [7, 11) is 0. The van der Waals surface area contributed by atoms with Gasteiger partial charge in [-0.1, -0.05) is 43.7 Å². The van der Waals surface area contributed by atoms with E-state index in [9.17, 15) is 14.9 Å². The third-order valence-electron chi connectivity index (χ3n) is 3.28. The van der Waals surface area contributed by atoms with Crippen LogP contribution in [0.15, 0.2) is 30.3 Å². The van der Waals surface area contributed by atoms with Crippen LogP contribution < -0.4 is 0 Å². The first-order chi connectivity index (χ1) is 8.41. The summed E-state index contributed by atoms with van der Waals surface area (Å²) < 4.78 is 0. The van der Waals surface area contributed by atoms with Crippen LogP contribution in [0, 0.1) is 16.0 Å². The molecular formula is C14H19NO3. The summed E-state index contributed by atoms with van der Waals surface area (Å²) in [5.41, 5.74) is -0.686. The average molecular weight is 249 g/mol. The van der Waals surface area contributed by atoms with Crippen molar-refractivity contribution >= 4 is 5.78 Å². The van der Waals surface area contributed by atoms with Gasteiger partial charge in [-0.15, -0.1) is 0 Å². The Morgan fingerprint density at radius 2 is 1.89 bits per heavy atom. The van der Waals surface area contributed by atoms with Crippen LogP contribution in [0.3, 0.4) is 0 Å². The van der Waals surface area contributed by atoms with Crippen molar-refractivity contribution in [2.75, 3.05) is 0 Å². The molecule has 0 aliphatic rings.